The van der Waals surface area contributed by atoms with E-state index in [0.29, 0.717) is 11.6 Å². The maximum absolute atomic E-state index is 9.53. The van der Waals surface area contributed by atoms with Gasteiger partial charge < -0.3 is 10.4 Å². The van der Waals surface area contributed by atoms with Gasteiger partial charge in [-0.3, -0.25) is 5.10 Å². The topological polar surface area (TPSA) is 73.8 Å². The fourth-order valence-corrected chi connectivity index (χ4v) is 2.43. The Morgan fingerprint density at radius 1 is 1.21 bits per heavy atom. The molecule has 2 aromatic heterocycles. The van der Waals surface area contributed by atoms with Gasteiger partial charge in [0.15, 0.2) is 5.82 Å². The Balaban J connectivity index is 2.04. The zero-order valence-corrected chi connectivity index (χ0v) is 11.7. The second-order valence-electron chi connectivity index (χ2n) is 4.26. The van der Waals surface area contributed by atoms with Crippen molar-refractivity contribution in [2.24, 2.45) is 0 Å². The third-order valence-electron chi connectivity index (χ3n) is 2.73. The van der Waals surface area contributed by atoms with Crippen LogP contribution in [0.2, 0.25) is 0 Å². The van der Waals surface area contributed by atoms with Crippen molar-refractivity contribution in [1.82, 2.24) is 15.2 Å². The van der Waals surface area contributed by atoms with Gasteiger partial charge in [-0.2, -0.15) is 5.10 Å². The second-order valence-corrected chi connectivity index (χ2v) is 5.02. The number of nitrogens with zero attached hydrogens (tertiary/aromatic N) is 2. The molecule has 6 heteroatoms. The van der Waals surface area contributed by atoms with E-state index in [2.05, 4.69) is 36.4 Å². The van der Waals surface area contributed by atoms with E-state index in [1.165, 1.54) is 0 Å². The van der Waals surface area contributed by atoms with Crippen molar-refractivity contribution in [2.45, 2.75) is 6.92 Å². The third-order valence-corrected chi connectivity index (χ3v) is 3.33. The van der Waals surface area contributed by atoms with Gasteiger partial charge in [0.25, 0.3) is 0 Å². The molecule has 19 heavy (non-hydrogen) atoms. The van der Waals surface area contributed by atoms with Gasteiger partial charge in [0.1, 0.15) is 16.2 Å². The number of hydrogen-bond acceptors (Lipinski definition) is 4. The van der Waals surface area contributed by atoms with Gasteiger partial charge in [-0.05, 0) is 52.5 Å². The number of aromatic nitrogens is 3. The van der Waals surface area contributed by atoms with Crippen LogP contribution in [0.4, 0.5) is 11.6 Å². The summed E-state index contributed by atoms with van der Waals surface area (Å²) in [4.78, 5) is 4.41. The molecule has 3 N–H and O–H groups in total. The molecule has 0 saturated heterocycles. The Labute approximate surface area is 117 Å². The molecule has 0 aliphatic heterocycles. The first-order valence-electron chi connectivity index (χ1n) is 5.70. The molecule has 0 aliphatic carbocycles. The number of phenols is 1. The lowest BCUT2D eigenvalue weighted by Gasteiger charge is -2.06. The van der Waals surface area contributed by atoms with Crippen LogP contribution < -0.4 is 5.32 Å². The molecule has 0 radical (unpaired) electrons. The number of fused-ring (bicyclic) bond motifs is 1. The molecule has 0 atom stereocenters. The number of pyridine rings is 1. The van der Waals surface area contributed by atoms with E-state index in [1.54, 1.807) is 12.1 Å². The number of aromatic hydroxyl groups is 1. The normalized spacial score (nSPS) is 10.8. The summed E-state index contributed by atoms with van der Waals surface area (Å²) in [5.74, 6) is 1.60. The summed E-state index contributed by atoms with van der Waals surface area (Å²) < 4.78 is 0.722. The average Bonchev–Trinajstić information content (AvgIpc) is 2.74. The third kappa shape index (κ3) is 2.39. The number of aromatic amines is 1. The molecule has 0 amide bonds. The Kier molecular flexibility index (Phi) is 2.87. The van der Waals surface area contributed by atoms with Crippen molar-refractivity contribution in [1.29, 1.82) is 0 Å². The van der Waals surface area contributed by atoms with Crippen molar-refractivity contribution in [3.05, 3.63) is 40.6 Å². The lowest BCUT2D eigenvalue weighted by atomic mass is 10.1. The molecule has 1 aromatic carbocycles. The number of H-pyrrole nitrogens is 1. The van der Waals surface area contributed by atoms with E-state index in [0.717, 1.165) is 21.1 Å². The second kappa shape index (κ2) is 4.55. The first-order valence-corrected chi connectivity index (χ1v) is 6.49. The minimum absolute atomic E-state index is 0.229. The Morgan fingerprint density at radius 3 is 2.79 bits per heavy atom. The molecule has 3 aromatic rings. The van der Waals surface area contributed by atoms with Crippen molar-refractivity contribution in [3.63, 3.8) is 0 Å². The van der Waals surface area contributed by atoms with Gasteiger partial charge in [-0.1, -0.05) is 0 Å². The van der Waals surface area contributed by atoms with Gasteiger partial charge >= 0.3 is 0 Å². The maximum Gasteiger partial charge on any atom is 0.153 e. The first kappa shape index (κ1) is 12.0. The summed E-state index contributed by atoms with van der Waals surface area (Å²) in [5.41, 5.74) is 0.972. The first-order chi connectivity index (χ1) is 9.11. The Morgan fingerprint density at radius 2 is 2.05 bits per heavy atom. The molecule has 3 rings (SSSR count). The summed E-state index contributed by atoms with van der Waals surface area (Å²) in [7, 11) is 0. The van der Waals surface area contributed by atoms with Gasteiger partial charge in [0.05, 0.1) is 0 Å². The predicted molar refractivity (Wildman–Crippen MR) is 77.7 cm³/mol. The highest BCUT2D eigenvalue weighted by molar-refractivity contribution is 9.10. The summed E-state index contributed by atoms with van der Waals surface area (Å²) in [6, 6.07) is 8.91. The highest BCUT2D eigenvalue weighted by atomic mass is 79.9. The van der Waals surface area contributed by atoms with E-state index in [9.17, 15) is 5.11 Å². The summed E-state index contributed by atoms with van der Waals surface area (Å²) in [6.07, 6.45) is 0. The van der Waals surface area contributed by atoms with Crippen LogP contribution in [0.25, 0.3) is 10.8 Å². The maximum atomic E-state index is 9.53. The molecular weight excluding hydrogens is 308 g/mol. The van der Waals surface area contributed by atoms with E-state index in [4.69, 9.17) is 0 Å². The molecule has 0 aliphatic rings. The number of anilines is 2. The van der Waals surface area contributed by atoms with Gasteiger partial charge in [-0.25, -0.2) is 4.98 Å². The number of nitrogens with one attached hydrogen (secondary N) is 2. The number of hydrogen-bond donors (Lipinski definition) is 3. The van der Waals surface area contributed by atoms with Gasteiger partial charge in [0.2, 0.25) is 0 Å². The number of aryl methyl sites for hydroxylation is 1. The van der Waals surface area contributed by atoms with Gasteiger partial charge in [-0.15, -0.1) is 0 Å². The lowest BCUT2D eigenvalue weighted by molar-refractivity contribution is 0.476. The molecule has 2 heterocycles. The zero-order valence-electron chi connectivity index (χ0n) is 10.1. The number of halogens is 1. The molecule has 0 fully saturated rings. The molecular formula is C13H11BrN4O. The van der Waals surface area contributed by atoms with Crippen LogP contribution in [-0.4, -0.2) is 20.3 Å². The number of rotatable bonds is 2. The van der Waals surface area contributed by atoms with E-state index in [1.807, 2.05) is 25.1 Å². The SMILES string of the molecule is Cc1cc(Nc2cc3cc(O)ccc3c(Br)n2)n[nH]1. The smallest absolute Gasteiger partial charge is 0.153 e. The highest BCUT2D eigenvalue weighted by Gasteiger charge is 2.06. The average molecular weight is 319 g/mol. The number of phenolic OH excluding ortho intramolecular Hbond substituents is 1. The van der Waals surface area contributed by atoms with Crippen molar-refractivity contribution in [3.8, 4) is 5.75 Å². The molecule has 0 spiro atoms. The summed E-state index contributed by atoms with van der Waals surface area (Å²) in [5, 5.41) is 21.4. The molecule has 5 nitrogen and oxygen atoms in total. The van der Waals surface area contributed by atoms with Crippen molar-refractivity contribution >= 4 is 38.3 Å². The van der Waals surface area contributed by atoms with E-state index in [-0.39, 0.29) is 5.75 Å². The fraction of sp³-hybridized carbons (Fsp3) is 0.0769. The van der Waals surface area contributed by atoms with Crippen LogP contribution in [0.5, 0.6) is 5.75 Å². The van der Waals surface area contributed by atoms with Crippen LogP contribution >= 0.6 is 15.9 Å². The Bertz CT molecular complexity index is 753. The molecule has 96 valence electrons. The molecule has 0 unspecified atom stereocenters. The van der Waals surface area contributed by atoms with Crippen LogP contribution in [0.3, 0.4) is 0 Å². The minimum Gasteiger partial charge on any atom is -0.508 e. The van der Waals surface area contributed by atoms with Crippen LogP contribution in [0, 0.1) is 6.92 Å². The monoisotopic (exact) mass is 318 g/mol. The number of benzene rings is 1. The van der Waals surface area contributed by atoms with Crippen LogP contribution in [0.1, 0.15) is 5.69 Å². The fourth-order valence-electron chi connectivity index (χ4n) is 1.88. The highest BCUT2D eigenvalue weighted by Crippen LogP contribution is 2.28. The van der Waals surface area contributed by atoms with Crippen LogP contribution in [-0.2, 0) is 0 Å². The molecule has 0 bridgehead atoms. The van der Waals surface area contributed by atoms with Crippen molar-refractivity contribution in [2.75, 3.05) is 5.32 Å². The molecule has 0 saturated carbocycles. The Hall–Kier alpha value is -2.08. The summed E-state index contributed by atoms with van der Waals surface area (Å²) >= 11 is 3.43. The minimum atomic E-state index is 0.229. The largest absolute Gasteiger partial charge is 0.508 e. The van der Waals surface area contributed by atoms with Crippen molar-refractivity contribution < 1.29 is 5.11 Å². The van der Waals surface area contributed by atoms with E-state index >= 15 is 0 Å². The standard InChI is InChI=1S/C13H11BrN4O/c1-7-4-12(18-17-7)15-11-6-8-5-9(19)2-3-10(8)13(14)16-11/h2-6,19H,1H3,(H2,15,16,17,18). The lowest BCUT2D eigenvalue weighted by Crippen LogP contribution is -1.94. The predicted octanol–water partition coefficient (Wildman–Crippen LogP) is 3.48. The zero-order chi connectivity index (χ0) is 13.4. The van der Waals surface area contributed by atoms with Crippen LogP contribution in [0.15, 0.2) is 34.9 Å². The van der Waals surface area contributed by atoms with Gasteiger partial charge in [0, 0.05) is 17.1 Å². The quantitative estimate of drug-likeness (QED) is 0.632. The summed E-state index contributed by atoms with van der Waals surface area (Å²) in [6.45, 7) is 1.93. The van der Waals surface area contributed by atoms with E-state index < -0.39 is 0 Å².